The van der Waals surface area contributed by atoms with Crippen LogP contribution in [0.15, 0.2) is 52.3 Å². The molecule has 0 aromatic heterocycles. The number of thioether (sulfide) groups is 1. The SMILES string of the molecule is CCc1ccc(NC(=O)CCS(=O)(=O)c2ccc3c(c2)NC(=O)[C@@H](C)CS3)cc1. The lowest BCUT2D eigenvalue weighted by molar-refractivity contribution is -0.118. The first-order valence-electron chi connectivity index (χ1n) is 9.48. The van der Waals surface area contributed by atoms with Crippen molar-refractivity contribution in [2.75, 3.05) is 22.1 Å². The number of rotatable bonds is 6. The second kappa shape index (κ2) is 9.00. The van der Waals surface area contributed by atoms with Gasteiger partial charge < -0.3 is 10.6 Å². The highest BCUT2D eigenvalue weighted by Crippen LogP contribution is 2.34. The van der Waals surface area contributed by atoms with Crippen molar-refractivity contribution >= 4 is 44.8 Å². The van der Waals surface area contributed by atoms with Crippen LogP contribution in [0.25, 0.3) is 0 Å². The zero-order valence-corrected chi connectivity index (χ0v) is 18.0. The molecule has 2 amide bonds. The van der Waals surface area contributed by atoms with E-state index >= 15 is 0 Å². The van der Waals surface area contributed by atoms with Gasteiger partial charge in [0.15, 0.2) is 9.84 Å². The van der Waals surface area contributed by atoms with Crippen LogP contribution in [-0.4, -0.2) is 31.7 Å². The number of fused-ring (bicyclic) bond motifs is 1. The predicted molar refractivity (Wildman–Crippen MR) is 116 cm³/mol. The van der Waals surface area contributed by atoms with E-state index in [4.69, 9.17) is 0 Å². The van der Waals surface area contributed by atoms with Crippen LogP contribution in [0, 0.1) is 5.92 Å². The van der Waals surface area contributed by atoms with Gasteiger partial charge in [-0.05, 0) is 42.3 Å². The Kier molecular flexibility index (Phi) is 6.64. The van der Waals surface area contributed by atoms with Crippen molar-refractivity contribution in [1.82, 2.24) is 0 Å². The molecule has 0 spiro atoms. The lowest BCUT2D eigenvalue weighted by Crippen LogP contribution is -2.20. The minimum atomic E-state index is -3.66. The van der Waals surface area contributed by atoms with Crippen LogP contribution in [0.1, 0.15) is 25.8 Å². The topological polar surface area (TPSA) is 92.3 Å². The number of amides is 2. The van der Waals surface area contributed by atoms with Gasteiger partial charge in [-0.1, -0.05) is 26.0 Å². The molecule has 0 saturated carbocycles. The van der Waals surface area contributed by atoms with Crippen molar-refractivity contribution in [1.29, 1.82) is 0 Å². The molecule has 1 heterocycles. The van der Waals surface area contributed by atoms with Gasteiger partial charge in [0, 0.05) is 28.7 Å². The summed E-state index contributed by atoms with van der Waals surface area (Å²) in [6.45, 7) is 3.88. The highest BCUT2D eigenvalue weighted by Gasteiger charge is 2.23. The fourth-order valence-corrected chi connectivity index (χ4v) is 5.14. The molecular formula is C21H24N2O4S2. The number of hydrogen-bond acceptors (Lipinski definition) is 5. The van der Waals surface area contributed by atoms with Crippen molar-refractivity contribution in [2.24, 2.45) is 5.92 Å². The summed E-state index contributed by atoms with van der Waals surface area (Å²) >= 11 is 1.52. The zero-order chi connectivity index (χ0) is 21.0. The van der Waals surface area contributed by atoms with Crippen LogP contribution in [0.3, 0.4) is 0 Å². The summed E-state index contributed by atoms with van der Waals surface area (Å²) in [4.78, 5) is 25.2. The zero-order valence-electron chi connectivity index (χ0n) is 16.4. The molecule has 0 aliphatic carbocycles. The summed E-state index contributed by atoms with van der Waals surface area (Å²) in [5.41, 5.74) is 2.31. The van der Waals surface area contributed by atoms with Gasteiger partial charge in [-0.25, -0.2) is 8.42 Å². The van der Waals surface area contributed by atoms with Gasteiger partial charge in [0.25, 0.3) is 0 Å². The fourth-order valence-electron chi connectivity index (χ4n) is 2.86. The molecule has 2 aromatic carbocycles. The third-order valence-electron chi connectivity index (χ3n) is 4.75. The van der Waals surface area contributed by atoms with Gasteiger partial charge in [-0.3, -0.25) is 9.59 Å². The number of anilines is 2. The first-order valence-corrected chi connectivity index (χ1v) is 12.1. The van der Waals surface area contributed by atoms with Crippen LogP contribution >= 0.6 is 11.8 Å². The van der Waals surface area contributed by atoms with E-state index in [0.717, 1.165) is 16.9 Å². The number of carbonyl (C=O) groups excluding carboxylic acids is 2. The van der Waals surface area contributed by atoms with Crippen molar-refractivity contribution < 1.29 is 18.0 Å². The van der Waals surface area contributed by atoms with Crippen LogP contribution in [-0.2, 0) is 25.8 Å². The van der Waals surface area contributed by atoms with Crippen LogP contribution < -0.4 is 10.6 Å². The molecule has 8 heteroatoms. The van der Waals surface area contributed by atoms with E-state index in [2.05, 4.69) is 10.6 Å². The largest absolute Gasteiger partial charge is 0.326 e. The maximum absolute atomic E-state index is 12.7. The van der Waals surface area contributed by atoms with E-state index < -0.39 is 9.84 Å². The summed E-state index contributed by atoms with van der Waals surface area (Å²) in [6, 6.07) is 12.2. The molecule has 154 valence electrons. The number of sulfone groups is 1. The predicted octanol–water partition coefficient (Wildman–Crippen LogP) is 3.73. The molecule has 2 N–H and O–H groups in total. The molecule has 1 aliphatic heterocycles. The second-order valence-electron chi connectivity index (χ2n) is 7.03. The van der Waals surface area contributed by atoms with Gasteiger partial charge in [-0.2, -0.15) is 0 Å². The molecule has 0 bridgehead atoms. The lowest BCUT2D eigenvalue weighted by Gasteiger charge is -2.10. The summed E-state index contributed by atoms with van der Waals surface area (Å²) in [6.07, 6.45) is 0.762. The minimum absolute atomic E-state index is 0.104. The Morgan fingerprint density at radius 3 is 2.62 bits per heavy atom. The summed E-state index contributed by atoms with van der Waals surface area (Å²) in [7, 11) is -3.66. The lowest BCUT2D eigenvalue weighted by atomic mass is 10.1. The summed E-state index contributed by atoms with van der Waals surface area (Å²) in [5.74, 6) is -0.293. The summed E-state index contributed by atoms with van der Waals surface area (Å²) < 4.78 is 25.4. The molecule has 0 saturated heterocycles. The maximum atomic E-state index is 12.7. The number of carbonyl (C=O) groups is 2. The monoisotopic (exact) mass is 432 g/mol. The van der Waals surface area contributed by atoms with E-state index in [9.17, 15) is 18.0 Å². The van der Waals surface area contributed by atoms with Gasteiger partial charge in [0.05, 0.1) is 16.3 Å². The molecule has 29 heavy (non-hydrogen) atoms. The standard InChI is InChI=1S/C21H24N2O4S2/c1-3-15-4-6-16(7-5-15)22-20(24)10-11-29(26,27)17-8-9-19-18(12-17)23-21(25)14(2)13-28-19/h4-9,12,14H,3,10-11,13H2,1-2H3,(H,22,24)(H,23,25)/t14-/m0/s1. The van der Waals surface area contributed by atoms with Gasteiger partial charge in [0.1, 0.15) is 0 Å². The van der Waals surface area contributed by atoms with Crippen molar-refractivity contribution in [3.63, 3.8) is 0 Å². The van der Waals surface area contributed by atoms with Gasteiger partial charge in [0.2, 0.25) is 11.8 Å². The smallest absolute Gasteiger partial charge is 0.228 e. The Hall–Kier alpha value is -2.32. The molecule has 0 radical (unpaired) electrons. The highest BCUT2D eigenvalue weighted by molar-refractivity contribution is 7.99. The Morgan fingerprint density at radius 2 is 1.93 bits per heavy atom. The quantitative estimate of drug-likeness (QED) is 0.726. The van der Waals surface area contributed by atoms with Crippen molar-refractivity contribution in [3.8, 4) is 0 Å². The van der Waals surface area contributed by atoms with Gasteiger partial charge >= 0.3 is 0 Å². The average molecular weight is 433 g/mol. The molecule has 3 rings (SSSR count). The highest BCUT2D eigenvalue weighted by atomic mass is 32.2. The summed E-state index contributed by atoms with van der Waals surface area (Å²) in [5, 5.41) is 5.51. The van der Waals surface area contributed by atoms with Gasteiger partial charge in [-0.15, -0.1) is 11.8 Å². The minimum Gasteiger partial charge on any atom is -0.326 e. The van der Waals surface area contributed by atoms with E-state index in [1.54, 1.807) is 18.2 Å². The fraction of sp³-hybridized carbons (Fsp3) is 0.333. The van der Waals surface area contributed by atoms with E-state index in [0.29, 0.717) is 17.1 Å². The molecular weight excluding hydrogens is 408 g/mol. The van der Waals surface area contributed by atoms with E-state index in [1.807, 2.05) is 26.0 Å². The van der Waals surface area contributed by atoms with E-state index in [1.165, 1.54) is 23.9 Å². The molecule has 0 fully saturated rings. The maximum Gasteiger partial charge on any atom is 0.228 e. The Labute approximate surface area is 175 Å². The third-order valence-corrected chi connectivity index (χ3v) is 7.80. The number of hydrogen-bond donors (Lipinski definition) is 2. The first-order chi connectivity index (χ1) is 13.8. The van der Waals surface area contributed by atoms with Crippen LogP contribution in [0.2, 0.25) is 0 Å². The Balaban J connectivity index is 1.65. The first kappa shape index (κ1) is 21.4. The molecule has 6 nitrogen and oxygen atoms in total. The molecule has 1 aliphatic rings. The van der Waals surface area contributed by atoms with Crippen molar-refractivity contribution in [2.45, 2.75) is 36.5 Å². The van der Waals surface area contributed by atoms with Crippen LogP contribution in [0.5, 0.6) is 0 Å². The Bertz CT molecular complexity index is 1020. The third kappa shape index (κ3) is 5.39. The van der Waals surface area contributed by atoms with Crippen molar-refractivity contribution in [3.05, 3.63) is 48.0 Å². The number of aryl methyl sites for hydroxylation is 1. The average Bonchev–Trinajstić information content (AvgIpc) is 2.85. The second-order valence-corrected chi connectivity index (χ2v) is 10.2. The molecule has 2 aromatic rings. The molecule has 0 unspecified atom stereocenters. The normalized spacial score (nSPS) is 16.5. The van der Waals surface area contributed by atoms with E-state index in [-0.39, 0.29) is 34.8 Å². The molecule has 1 atom stereocenters. The Morgan fingerprint density at radius 1 is 1.21 bits per heavy atom. The van der Waals surface area contributed by atoms with Crippen LogP contribution in [0.4, 0.5) is 11.4 Å². The number of benzene rings is 2. The number of nitrogens with one attached hydrogen (secondary N) is 2.